The Hall–Kier alpha value is -0.883. The van der Waals surface area contributed by atoms with Crippen LogP contribution in [0.4, 0.5) is 0 Å². The Morgan fingerprint density at radius 1 is 0.969 bits per heavy atom. The Balaban J connectivity index is 2.07. The van der Waals surface area contributed by atoms with Crippen LogP contribution in [0.1, 0.15) is 69.7 Å². The monoisotopic (exact) mass is 493 g/mol. The molecule has 2 aromatic carbocycles. The molecular weight excluding hydrogens is 457 g/mol. The second-order valence-corrected chi connectivity index (χ2v) is 16.1. The van der Waals surface area contributed by atoms with Crippen LogP contribution in [0.5, 0.6) is 0 Å². The Morgan fingerprint density at radius 2 is 1.62 bits per heavy atom. The highest BCUT2D eigenvalue weighted by atomic mass is 35.5. The van der Waals surface area contributed by atoms with Gasteiger partial charge in [-0.1, -0.05) is 81.1 Å². The van der Waals surface area contributed by atoms with E-state index in [0.717, 1.165) is 36.8 Å². The SMILES string of the molecule is CC(C)(C)[Si](C)(C)O[C@@H](c1cccc(Cl)c1)[C@H](N[C@H]1CCCC[C@@H]1O)c1ccc(Cl)cc1. The molecule has 2 aromatic rings. The molecule has 32 heavy (non-hydrogen) atoms. The summed E-state index contributed by atoms with van der Waals surface area (Å²) in [4.78, 5) is 0. The number of aliphatic hydroxyl groups excluding tert-OH is 1. The molecular formula is C26H37Cl2NO2Si. The van der Waals surface area contributed by atoms with Crippen molar-refractivity contribution in [2.45, 2.75) is 88.9 Å². The summed E-state index contributed by atoms with van der Waals surface area (Å²) in [5.74, 6) is 0. The van der Waals surface area contributed by atoms with Crippen LogP contribution in [-0.4, -0.2) is 25.6 Å². The molecule has 1 fully saturated rings. The summed E-state index contributed by atoms with van der Waals surface area (Å²) >= 11 is 12.6. The van der Waals surface area contributed by atoms with Crippen molar-refractivity contribution in [3.8, 4) is 0 Å². The molecule has 1 aliphatic carbocycles. The second-order valence-electron chi connectivity index (χ2n) is 10.5. The van der Waals surface area contributed by atoms with E-state index in [-0.39, 0.29) is 29.3 Å². The Kier molecular flexibility index (Phi) is 8.51. The largest absolute Gasteiger partial charge is 0.408 e. The number of nitrogens with one attached hydrogen (secondary N) is 1. The second kappa shape index (κ2) is 10.6. The third-order valence-electron chi connectivity index (χ3n) is 7.06. The predicted octanol–water partition coefficient (Wildman–Crippen LogP) is 7.69. The topological polar surface area (TPSA) is 41.5 Å². The normalized spacial score (nSPS) is 21.9. The van der Waals surface area contributed by atoms with Crippen LogP contribution in [0.2, 0.25) is 28.2 Å². The van der Waals surface area contributed by atoms with Gasteiger partial charge in [0.05, 0.1) is 18.2 Å². The predicted molar refractivity (Wildman–Crippen MR) is 138 cm³/mol. The van der Waals surface area contributed by atoms with E-state index < -0.39 is 8.32 Å². The van der Waals surface area contributed by atoms with Crippen molar-refractivity contribution in [2.75, 3.05) is 0 Å². The minimum Gasteiger partial charge on any atom is -0.408 e. The van der Waals surface area contributed by atoms with Crippen molar-refractivity contribution >= 4 is 31.5 Å². The molecule has 1 saturated carbocycles. The van der Waals surface area contributed by atoms with E-state index in [1.807, 2.05) is 30.3 Å². The van der Waals surface area contributed by atoms with Gasteiger partial charge in [0.15, 0.2) is 8.32 Å². The van der Waals surface area contributed by atoms with Crippen molar-refractivity contribution < 1.29 is 9.53 Å². The average Bonchev–Trinajstić information content (AvgIpc) is 2.72. The Morgan fingerprint density at radius 3 is 2.22 bits per heavy atom. The fraction of sp³-hybridized carbons (Fsp3) is 0.538. The molecule has 0 aromatic heterocycles. The van der Waals surface area contributed by atoms with E-state index >= 15 is 0 Å². The van der Waals surface area contributed by atoms with Gasteiger partial charge in [0.1, 0.15) is 0 Å². The molecule has 6 heteroatoms. The third kappa shape index (κ3) is 6.37. The van der Waals surface area contributed by atoms with Gasteiger partial charge in [-0.05, 0) is 66.4 Å². The highest BCUT2D eigenvalue weighted by Crippen LogP contribution is 2.44. The molecule has 0 amide bonds. The maximum absolute atomic E-state index is 10.7. The summed E-state index contributed by atoms with van der Waals surface area (Å²) in [6, 6.07) is 15.8. The maximum atomic E-state index is 10.7. The summed E-state index contributed by atoms with van der Waals surface area (Å²) in [6.07, 6.45) is 3.37. The molecule has 0 aliphatic heterocycles. The zero-order valence-corrected chi connectivity index (χ0v) is 22.4. The smallest absolute Gasteiger partial charge is 0.193 e. The van der Waals surface area contributed by atoms with Gasteiger partial charge in [-0.25, -0.2) is 0 Å². The molecule has 0 radical (unpaired) electrons. The minimum absolute atomic E-state index is 0.0223. The van der Waals surface area contributed by atoms with E-state index in [1.165, 1.54) is 0 Å². The molecule has 0 heterocycles. The van der Waals surface area contributed by atoms with Crippen LogP contribution >= 0.6 is 23.2 Å². The molecule has 4 atom stereocenters. The Labute approximate surface area is 204 Å². The highest BCUT2D eigenvalue weighted by Gasteiger charge is 2.42. The number of halogens is 2. The third-order valence-corrected chi connectivity index (χ3v) is 12.0. The number of rotatable bonds is 7. The van der Waals surface area contributed by atoms with Crippen LogP contribution in [0.25, 0.3) is 0 Å². The van der Waals surface area contributed by atoms with Gasteiger partial charge in [-0.15, -0.1) is 0 Å². The van der Waals surface area contributed by atoms with Crippen LogP contribution in [0.3, 0.4) is 0 Å². The standard InChI is InChI=1S/C26H37Cl2NO2Si/c1-26(2,3)32(4,5)31-25(19-9-8-10-21(28)17-19)24(18-13-15-20(27)16-14-18)29-22-11-6-7-12-23(22)30/h8-10,13-17,22-25,29-30H,6-7,11-12H2,1-5H3/t22-,23-,24+,25-/m0/s1. The van der Waals surface area contributed by atoms with Crippen LogP contribution < -0.4 is 5.32 Å². The summed E-state index contributed by atoms with van der Waals surface area (Å²) in [7, 11) is -2.13. The van der Waals surface area contributed by atoms with Crippen molar-refractivity contribution in [2.24, 2.45) is 0 Å². The first-order chi connectivity index (χ1) is 15.0. The number of hydrogen-bond acceptors (Lipinski definition) is 3. The molecule has 3 nitrogen and oxygen atoms in total. The number of aliphatic hydroxyl groups is 1. The van der Waals surface area contributed by atoms with E-state index in [0.29, 0.717) is 10.0 Å². The first-order valence-corrected chi connectivity index (χ1v) is 15.3. The minimum atomic E-state index is -2.13. The zero-order chi connectivity index (χ0) is 23.5. The van der Waals surface area contributed by atoms with E-state index in [2.05, 4.69) is 57.4 Å². The molecule has 176 valence electrons. The van der Waals surface area contributed by atoms with Crippen LogP contribution in [-0.2, 0) is 4.43 Å². The number of hydrogen-bond donors (Lipinski definition) is 2. The van der Waals surface area contributed by atoms with Gasteiger partial charge in [0, 0.05) is 16.1 Å². The van der Waals surface area contributed by atoms with Gasteiger partial charge in [-0.2, -0.15) is 0 Å². The van der Waals surface area contributed by atoms with Gasteiger partial charge in [-0.3, -0.25) is 0 Å². The summed E-state index contributed by atoms with van der Waals surface area (Å²) < 4.78 is 7.07. The lowest BCUT2D eigenvalue weighted by Crippen LogP contribution is -2.48. The zero-order valence-electron chi connectivity index (χ0n) is 19.9. The molecule has 3 rings (SSSR count). The number of benzene rings is 2. The van der Waals surface area contributed by atoms with Crippen molar-refractivity contribution in [1.82, 2.24) is 5.32 Å². The highest BCUT2D eigenvalue weighted by molar-refractivity contribution is 6.74. The fourth-order valence-electron chi connectivity index (χ4n) is 4.07. The summed E-state index contributed by atoms with van der Waals surface area (Å²) in [5, 5.41) is 16.0. The van der Waals surface area contributed by atoms with Crippen molar-refractivity contribution in [1.29, 1.82) is 0 Å². The lowest BCUT2D eigenvalue weighted by molar-refractivity contribution is 0.0622. The molecule has 0 spiro atoms. The fourth-order valence-corrected chi connectivity index (χ4v) is 5.66. The lowest BCUT2D eigenvalue weighted by atomic mass is 9.89. The summed E-state index contributed by atoms with van der Waals surface area (Å²) in [5.41, 5.74) is 2.14. The average molecular weight is 495 g/mol. The quantitative estimate of drug-likeness (QED) is 0.388. The van der Waals surface area contributed by atoms with Crippen LogP contribution in [0, 0.1) is 0 Å². The summed E-state index contributed by atoms with van der Waals surface area (Å²) in [6.45, 7) is 11.3. The van der Waals surface area contributed by atoms with E-state index in [4.69, 9.17) is 27.6 Å². The molecule has 1 aliphatic rings. The van der Waals surface area contributed by atoms with Gasteiger partial charge >= 0.3 is 0 Å². The van der Waals surface area contributed by atoms with Crippen molar-refractivity contribution in [3.05, 3.63) is 69.7 Å². The molecule has 0 bridgehead atoms. The molecule has 2 N–H and O–H groups in total. The Bertz CT molecular complexity index is 882. The van der Waals surface area contributed by atoms with Crippen LogP contribution in [0.15, 0.2) is 48.5 Å². The van der Waals surface area contributed by atoms with Crippen molar-refractivity contribution in [3.63, 3.8) is 0 Å². The van der Waals surface area contributed by atoms with Gasteiger partial charge in [0.2, 0.25) is 0 Å². The maximum Gasteiger partial charge on any atom is 0.193 e. The lowest BCUT2D eigenvalue weighted by Gasteiger charge is -2.43. The van der Waals surface area contributed by atoms with Gasteiger partial charge < -0.3 is 14.8 Å². The first-order valence-electron chi connectivity index (χ1n) is 11.6. The first kappa shape index (κ1) is 25.7. The van der Waals surface area contributed by atoms with Gasteiger partial charge in [0.25, 0.3) is 0 Å². The molecule has 0 saturated heterocycles. The van der Waals surface area contributed by atoms with E-state index in [1.54, 1.807) is 0 Å². The molecule has 0 unspecified atom stereocenters. The van der Waals surface area contributed by atoms with E-state index in [9.17, 15) is 5.11 Å².